The number of nitrogens with zero attached hydrogens (tertiary/aromatic N) is 5. The van der Waals surface area contributed by atoms with Crippen molar-refractivity contribution in [2.75, 3.05) is 44.3 Å². The third kappa shape index (κ3) is 4.81. The number of sulfonamides is 1. The van der Waals surface area contributed by atoms with E-state index in [2.05, 4.69) is 14.9 Å². The summed E-state index contributed by atoms with van der Waals surface area (Å²) in [5.41, 5.74) is -0.443. The molecule has 190 valence electrons. The van der Waals surface area contributed by atoms with Gasteiger partial charge in [-0.3, -0.25) is 4.90 Å². The Bertz CT molecular complexity index is 1130. The normalized spacial score (nSPS) is 28.4. The maximum Gasteiger partial charge on any atom is 0.243 e. The van der Waals surface area contributed by atoms with E-state index in [4.69, 9.17) is 4.74 Å². The average Bonchev–Trinajstić information content (AvgIpc) is 3.00. The summed E-state index contributed by atoms with van der Waals surface area (Å²) in [6.45, 7) is 5.97. The fraction of sp³-hybridized carbons (Fsp3) is 0.583. The summed E-state index contributed by atoms with van der Waals surface area (Å²) < 4.78 is 34.0. The van der Waals surface area contributed by atoms with Crippen molar-refractivity contribution in [1.82, 2.24) is 19.2 Å². The van der Waals surface area contributed by atoms with Crippen molar-refractivity contribution in [3.8, 4) is 0 Å². The van der Waals surface area contributed by atoms with Gasteiger partial charge in [-0.15, -0.1) is 0 Å². The van der Waals surface area contributed by atoms with Crippen LogP contribution in [0.1, 0.15) is 25.8 Å². The second-order valence-corrected chi connectivity index (χ2v) is 12.1. The van der Waals surface area contributed by atoms with Gasteiger partial charge in [0.05, 0.1) is 41.9 Å². The Kier molecular flexibility index (Phi) is 6.58. The second kappa shape index (κ2) is 9.38. The van der Waals surface area contributed by atoms with Crippen LogP contribution < -0.4 is 4.90 Å². The van der Waals surface area contributed by atoms with Gasteiger partial charge in [-0.05, 0) is 32.4 Å². The van der Waals surface area contributed by atoms with Gasteiger partial charge in [0.1, 0.15) is 0 Å². The Balaban J connectivity index is 1.43. The molecule has 5 rings (SSSR count). The molecule has 0 saturated carbocycles. The van der Waals surface area contributed by atoms with E-state index in [1.165, 1.54) is 4.31 Å². The number of morpholine rings is 1. The highest BCUT2D eigenvalue weighted by atomic mass is 32.2. The fourth-order valence-electron chi connectivity index (χ4n) is 5.28. The molecular formula is C24H33N5O5S. The molecule has 4 atom stereocenters. The summed E-state index contributed by atoms with van der Waals surface area (Å²) in [6.07, 6.45) is 3.44. The zero-order valence-corrected chi connectivity index (χ0v) is 20.9. The van der Waals surface area contributed by atoms with Crippen LogP contribution in [0.15, 0.2) is 47.6 Å². The molecule has 4 heterocycles. The van der Waals surface area contributed by atoms with Crippen LogP contribution in [-0.2, 0) is 20.4 Å². The largest absolute Gasteiger partial charge is 0.391 e. The smallest absolute Gasteiger partial charge is 0.243 e. The minimum absolute atomic E-state index is 0.102. The lowest BCUT2D eigenvalue weighted by Gasteiger charge is -2.45. The number of aliphatic hydroxyl groups excluding tert-OH is 1. The van der Waals surface area contributed by atoms with Crippen molar-refractivity contribution < 1.29 is 23.4 Å². The number of hydrogen-bond acceptors (Lipinski definition) is 9. The van der Waals surface area contributed by atoms with Gasteiger partial charge in [0.2, 0.25) is 16.0 Å². The molecule has 0 radical (unpaired) electrons. The zero-order valence-electron chi connectivity index (χ0n) is 20.1. The van der Waals surface area contributed by atoms with E-state index < -0.39 is 21.7 Å². The predicted molar refractivity (Wildman–Crippen MR) is 129 cm³/mol. The molecule has 10 nitrogen and oxygen atoms in total. The summed E-state index contributed by atoms with van der Waals surface area (Å²) >= 11 is 0. The lowest BCUT2D eigenvalue weighted by atomic mass is 10.0. The number of anilines is 1. The van der Waals surface area contributed by atoms with E-state index >= 15 is 0 Å². The number of hydrogen-bond donors (Lipinski definition) is 2. The molecule has 2 bridgehead atoms. The number of rotatable bonds is 6. The van der Waals surface area contributed by atoms with Crippen molar-refractivity contribution in [1.29, 1.82) is 0 Å². The van der Waals surface area contributed by atoms with Crippen LogP contribution in [-0.4, -0.2) is 101 Å². The molecule has 0 amide bonds. The monoisotopic (exact) mass is 503 g/mol. The first-order valence-corrected chi connectivity index (χ1v) is 13.5. The first-order chi connectivity index (χ1) is 16.6. The zero-order chi connectivity index (χ0) is 24.8. The first kappa shape index (κ1) is 24.5. The highest BCUT2D eigenvalue weighted by Gasteiger charge is 2.46. The van der Waals surface area contributed by atoms with E-state index in [0.717, 1.165) is 0 Å². The number of benzene rings is 1. The second-order valence-electron chi connectivity index (χ2n) is 10.1. The Morgan fingerprint density at radius 2 is 1.83 bits per heavy atom. The third-order valence-electron chi connectivity index (χ3n) is 7.30. The van der Waals surface area contributed by atoms with Crippen LogP contribution in [0.2, 0.25) is 0 Å². The number of ether oxygens (including phenoxy) is 1. The maximum atomic E-state index is 13.4. The number of fused-ring (bicyclic) bond motifs is 2. The summed E-state index contributed by atoms with van der Waals surface area (Å²) in [5.74, 6) is 0.501. The number of aromatic nitrogens is 2. The molecule has 0 spiro atoms. The molecule has 3 fully saturated rings. The minimum atomic E-state index is -3.65. The Labute approximate surface area is 206 Å². The quantitative estimate of drug-likeness (QED) is 0.578. The van der Waals surface area contributed by atoms with Crippen LogP contribution >= 0.6 is 0 Å². The third-order valence-corrected chi connectivity index (χ3v) is 9.18. The van der Waals surface area contributed by atoms with Crippen LogP contribution in [0.3, 0.4) is 0 Å². The average molecular weight is 504 g/mol. The van der Waals surface area contributed by atoms with Gasteiger partial charge in [0.15, 0.2) is 0 Å². The van der Waals surface area contributed by atoms with E-state index in [9.17, 15) is 18.6 Å². The van der Waals surface area contributed by atoms with Crippen molar-refractivity contribution >= 4 is 16.0 Å². The van der Waals surface area contributed by atoms with Crippen LogP contribution in [0.4, 0.5) is 5.95 Å². The molecule has 0 unspecified atom stereocenters. The molecular weight excluding hydrogens is 470 g/mol. The fourth-order valence-corrected chi connectivity index (χ4v) is 6.77. The molecule has 2 aromatic rings. The van der Waals surface area contributed by atoms with Gasteiger partial charge in [-0.2, -0.15) is 4.31 Å². The SMILES string of the molecule is CC(C)(O)c1cnc(N2CCN(S(=O)(=O)c3ccccc3)C[C@@H]2CN2[C@H]3COC[C@@H]2[C@H](O)C3)nc1. The summed E-state index contributed by atoms with van der Waals surface area (Å²) in [5, 5.41) is 20.8. The highest BCUT2D eigenvalue weighted by molar-refractivity contribution is 7.89. The molecule has 35 heavy (non-hydrogen) atoms. The van der Waals surface area contributed by atoms with Crippen LogP contribution in [0.25, 0.3) is 0 Å². The first-order valence-electron chi connectivity index (χ1n) is 12.0. The molecule has 2 N–H and O–H groups in total. The molecule has 3 saturated heterocycles. The van der Waals surface area contributed by atoms with Crippen molar-refractivity contribution in [2.45, 2.75) is 55.0 Å². The lowest BCUT2D eigenvalue weighted by Crippen LogP contribution is -2.61. The summed E-state index contributed by atoms with van der Waals surface area (Å²) in [7, 11) is -3.65. The summed E-state index contributed by atoms with van der Waals surface area (Å²) in [4.78, 5) is 13.6. The molecule has 1 aromatic carbocycles. The molecule has 1 aromatic heterocycles. The van der Waals surface area contributed by atoms with E-state index in [1.54, 1.807) is 56.6 Å². The number of piperazine rings is 1. The van der Waals surface area contributed by atoms with Crippen molar-refractivity contribution in [2.24, 2.45) is 0 Å². The lowest BCUT2D eigenvalue weighted by molar-refractivity contribution is -0.0345. The topological polar surface area (TPSA) is 119 Å². The Morgan fingerprint density at radius 1 is 1.11 bits per heavy atom. The van der Waals surface area contributed by atoms with Crippen LogP contribution in [0, 0.1) is 0 Å². The molecule has 3 aliphatic heterocycles. The van der Waals surface area contributed by atoms with E-state index in [0.29, 0.717) is 50.8 Å². The summed E-state index contributed by atoms with van der Waals surface area (Å²) in [6, 6.07) is 8.27. The van der Waals surface area contributed by atoms with E-state index in [1.807, 2.05) is 4.90 Å². The minimum Gasteiger partial charge on any atom is -0.391 e. The van der Waals surface area contributed by atoms with Gasteiger partial charge in [0, 0.05) is 50.2 Å². The molecule has 0 aliphatic carbocycles. The predicted octanol–water partition coefficient (Wildman–Crippen LogP) is 0.418. The van der Waals surface area contributed by atoms with Crippen molar-refractivity contribution in [3.63, 3.8) is 0 Å². The van der Waals surface area contributed by atoms with Gasteiger partial charge in [-0.1, -0.05) is 18.2 Å². The van der Waals surface area contributed by atoms with Gasteiger partial charge < -0.3 is 19.8 Å². The van der Waals surface area contributed by atoms with Gasteiger partial charge >= 0.3 is 0 Å². The number of aliphatic hydroxyl groups is 2. The highest BCUT2D eigenvalue weighted by Crippen LogP contribution is 2.32. The molecule has 3 aliphatic rings. The standard InChI is InChI=1S/C24H33N5O5S/c1-24(2,31)17-11-25-23(26-12-17)28-9-8-27(35(32,33)20-6-4-3-5-7-20)13-19(28)14-29-18-10-22(30)21(29)16-34-15-18/h3-7,11-12,18-19,21-22,30-31H,8-10,13-16H2,1-2H3/t18-,19-,21-,22-/m1/s1. The van der Waals surface area contributed by atoms with E-state index in [-0.39, 0.29) is 29.6 Å². The Hall–Kier alpha value is -2.15. The Morgan fingerprint density at radius 3 is 2.49 bits per heavy atom. The molecule has 11 heteroatoms. The van der Waals surface area contributed by atoms with Crippen LogP contribution in [0.5, 0.6) is 0 Å². The van der Waals surface area contributed by atoms with Gasteiger partial charge in [0.25, 0.3) is 0 Å². The van der Waals surface area contributed by atoms with Gasteiger partial charge in [-0.25, -0.2) is 18.4 Å². The maximum absolute atomic E-state index is 13.4. The van der Waals surface area contributed by atoms with Crippen molar-refractivity contribution in [3.05, 3.63) is 48.3 Å².